The summed E-state index contributed by atoms with van der Waals surface area (Å²) in [5, 5.41) is 16.6. The average molecular weight is 667 g/mol. The molecule has 1 aliphatic carbocycles. The van der Waals surface area contributed by atoms with Crippen LogP contribution in [-0.4, -0.2) is 69.0 Å². The highest BCUT2D eigenvalue weighted by atomic mass is 16.5. The SMILES string of the molecule is C=C[C@H]1C[C@]1(NC(=O)[C@@H]1C[C@@H]2CN1C(=O)[C@H](CCCC)NC(=O)CCCCCCc1ccc3nc(-c4ccccc4)cc(c3c1)O2)C(=O)O. The molecule has 0 unspecified atom stereocenters. The van der Waals surface area contributed by atoms with Crippen LogP contribution in [0.5, 0.6) is 5.75 Å². The third-order valence-electron chi connectivity index (χ3n) is 10.2. The molecule has 10 heteroatoms. The Hall–Kier alpha value is -4.73. The van der Waals surface area contributed by atoms with E-state index in [-0.39, 0.29) is 31.2 Å². The van der Waals surface area contributed by atoms with Gasteiger partial charge < -0.3 is 25.4 Å². The Morgan fingerprint density at radius 3 is 2.59 bits per heavy atom. The van der Waals surface area contributed by atoms with Crippen LogP contribution in [0.3, 0.4) is 0 Å². The zero-order valence-electron chi connectivity index (χ0n) is 28.2. The summed E-state index contributed by atoms with van der Waals surface area (Å²) in [5.41, 5.74) is 2.17. The van der Waals surface area contributed by atoms with Crippen molar-refractivity contribution in [1.29, 1.82) is 0 Å². The van der Waals surface area contributed by atoms with Gasteiger partial charge in [0.05, 0.1) is 17.8 Å². The number of benzene rings is 2. The predicted octanol–water partition coefficient (Wildman–Crippen LogP) is 5.58. The predicted molar refractivity (Wildman–Crippen MR) is 187 cm³/mol. The lowest BCUT2D eigenvalue weighted by Crippen LogP contribution is -2.56. The molecule has 4 bridgehead atoms. The molecule has 0 spiro atoms. The zero-order valence-corrected chi connectivity index (χ0v) is 28.2. The first kappa shape index (κ1) is 34.1. The molecule has 1 saturated heterocycles. The molecule has 49 heavy (non-hydrogen) atoms. The lowest BCUT2D eigenvalue weighted by Gasteiger charge is -2.29. The van der Waals surface area contributed by atoms with Gasteiger partial charge in [-0.25, -0.2) is 9.78 Å². The highest BCUT2D eigenvalue weighted by molar-refractivity contribution is 5.96. The summed E-state index contributed by atoms with van der Waals surface area (Å²) in [6.45, 7) is 5.86. The molecule has 2 aromatic carbocycles. The summed E-state index contributed by atoms with van der Waals surface area (Å²) in [5.74, 6) is -2.02. The number of amides is 3. The Kier molecular flexibility index (Phi) is 10.3. The summed E-state index contributed by atoms with van der Waals surface area (Å²) >= 11 is 0. The van der Waals surface area contributed by atoms with E-state index in [1.807, 2.05) is 49.4 Å². The number of rotatable bonds is 8. The molecule has 1 aromatic heterocycles. The molecule has 6 rings (SSSR count). The number of unbranched alkanes of at least 4 members (excludes halogenated alkanes) is 1. The smallest absolute Gasteiger partial charge is 0.330 e. The molecule has 0 radical (unpaired) electrons. The Morgan fingerprint density at radius 2 is 1.88 bits per heavy atom. The van der Waals surface area contributed by atoms with Crippen molar-refractivity contribution in [2.75, 3.05) is 6.54 Å². The maximum Gasteiger partial charge on any atom is 0.330 e. The molecule has 258 valence electrons. The van der Waals surface area contributed by atoms with E-state index in [4.69, 9.17) is 9.72 Å². The van der Waals surface area contributed by atoms with Gasteiger partial charge in [0.15, 0.2) is 0 Å². The molecule has 1 saturated carbocycles. The maximum absolute atomic E-state index is 14.3. The fourth-order valence-corrected chi connectivity index (χ4v) is 7.23. The number of carboxylic acid groups (broad SMARTS) is 1. The molecule has 2 aliphatic heterocycles. The quantitative estimate of drug-likeness (QED) is 0.267. The second-order valence-corrected chi connectivity index (χ2v) is 13.7. The van der Waals surface area contributed by atoms with Crippen LogP contribution >= 0.6 is 0 Å². The van der Waals surface area contributed by atoms with Crippen LogP contribution in [0.25, 0.3) is 22.2 Å². The van der Waals surface area contributed by atoms with Gasteiger partial charge in [-0.3, -0.25) is 14.4 Å². The molecule has 3 aliphatic rings. The van der Waals surface area contributed by atoms with E-state index in [2.05, 4.69) is 29.3 Å². The monoisotopic (exact) mass is 666 g/mol. The first-order chi connectivity index (χ1) is 23.7. The van der Waals surface area contributed by atoms with Crippen molar-refractivity contribution in [3.63, 3.8) is 0 Å². The number of aryl methyl sites for hydroxylation is 1. The molecule has 3 aromatic rings. The number of fused-ring (bicyclic) bond motifs is 3. The van der Waals surface area contributed by atoms with Crippen molar-refractivity contribution in [3.05, 3.63) is 72.8 Å². The Balaban J connectivity index is 1.38. The number of aliphatic carboxylic acids is 1. The number of nitrogens with one attached hydrogen (secondary N) is 2. The number of carboxylic acids is 1. The molecule has 3 N–H and O–H groups in total. The topological polar surface area (TPSA) is 138 Å². The lowest BCUT2D eigenvalue weighted by atomic mass is 10.0. The van der Waals surface area contributed by atoms with Crippen molar-refractivity contribution in [2.24, 2.45) is 5.92 Å². The first-order valence-corrected chi connectivity index (χ1v) is 17.7. The van der Waals surface area contributed by atoms with Gasteiger partial charge in [0.25, 0.3) is 0 Å². The molecule has 3 heterocycles. The summed E-state index contributed by atoms with van der Waals surface area (Å²) in [4.78, 5) is 60.0. The van der Waals surface area contributed by atoms with Crippen LogP contribution in [0.15, 0.2) is 67.3 Å². The fraction of sp³-hybridized carbons (Fsp3) is 0.462. The van der Waals surface area contributed by atoms with Gasteiger partial charge in [-0.15, -0.1) is 6.58 Å². The lowest BCUT2D eigenvalue weighted by molar-refractivity contribution is -0.146. The number of carbonyl (C=O) groups is 4. The number of aromatic nitrogens is 1. The van der Waals surface area contributed by atoms with Crippen LogP contribution < -0.4 is 15.4 Å². The van der Waals surface area contributed by atoms with Gasteiger partial charge in [-0.05, 0) is 49.8 Å². The Bertz CT molecular complexity index is 1730. The molecule has 5 atom stereocenters. The third kappa shape index (κ3) is 7.48. The van der Waals surface area contributed by atoms with E-state index < -0.39 is 41.5 Å². The van der Waals surface area contributed by atoms with Crippen molar-refractivity contribution in [1.82, 2.24) is 20.5 Å². The number of hydrogen-bond acceptors (Lipinski definition) is 6. The summed E-state index contributed by atoms with van der Waals surface area (Å²) in [7, 11) is 0. The normalized spacial score (nSPS) is 25.9. The first-order valence-electron chi connectivity index (χ1n) is 17.7. The van der Waals surface area contributed by atoms with Crippen LogP contribution in [0.4, 0.5) is 0 Å². The van der Waals surface area contributed by atoms with E-state index in [9.17, 15) is 24.3 Å². The third-order valence-corrected chi connectivity index (χ3v) is 10.2. The van der Waals surface area contributed by atoms with Gasteiger partial charge in [-0.1, -0.05) is 75.1 Å². The van der Waals surface area contributed by atoms with Crippen LogP contribution in [0.1, 0.15) is 76.7 Å². The van der Waals surface area contributed by atoms with Crippen molar-refractivity contribution in [3.8, 4) is 17.0 Å². The minimum atomic E-state index is -1.45. The van der Waals surface area contributed by atoms with Crippen molar-refractivity contribution >= 4 is 34.6 Å². The van der Waals surface area contributed by atoms with E-state index in [1.165, 1.54) is 4.90 Å². The number of hydrogen-bond donors (Lipinski definition) is 3. The second kappa shape index (κ2) is 14.8. The number of ether oxygens (including phenoxy) is 1. The van der Waals surface area contributed by atoms with Crippen LogP contribution in [0.2, 0.25) is 0 Å². The van der Waals surface area contributed by atoms with E-state index >= 15 is 0 Å². The number of nitrogens with zero attached hydrogens (tertiary/aromatic N) is 2. The minimum Gasteiger partial charge on any atom is -0.488 e. The highest BCUT2D eigenvalue weighted by Gasteiger charge is 2.61. The van der Waals surface area contributed by atoms with E-state index in [0.29, 0.717) is 18.6 Å². The van der Waals surface area contributed by atoms with Gasteiger partial charge in [0, 0.05) is 35.8 Å². The number of pyridine rings is 1. The second-order valence-electron chi connectivity index (χ2n) is 13.7. The summed E-state index contributed by atoms with van der Waals surface area (Å²) in [6.07, 6.45) is 8.14. The Morgan fingerprint density at radius 1 is 1.10 bits per heavy atom. The summed E-state index contributed by atoms with van der Waals surface area (Å²) in [6, 6.07) is 16.2. The molecule has 10 nitrogen and oxygen atoms in total. The molecule has 3 amide bonds. The van der Waals surface area contributed by atoms with Gasteiger partial charge >= 0.3 is 5.97 Å². The van der Waals surface area contributed by atoms with E-state index in [0.717, 1.165) is 72.7 Å². The van der Waals surface area contributed by atoms with Gasteiger partial charge in [-0.2, -0.15) is 0 Å². The van der Waals surface area contributed by atoms with Crippen LogP contribution in [-0.2, 0) is 25.6 Å². The maximum atomic E-state index is 14.3. The van der Waals surface area contributed by atoms with Crippen molar-refractivity contribution in [2.45, 2.75) is 101 Å². The van der Waals surface area contributed by atoms with Gasteiger partial charge in [0.1, 0.15) is 29.5 Å². The zero-order chi connectivity index (χ0) is 34.5. The van der Waals surface area contributed by atoms with E-state index in [1.54, 1.807) is 6.08 Å². The summed E-state index contributed by atoms with van der Waals surface area (Å²) < 4.78 is 6.75. The number of carbonyl (C=O) groups excluding carboxylic acids is 3. The largest absolute Gasteiger partial charge is 0.488 e. The van der Waals surface area contributed by atoms with Crippen LogP contribution in [0, 0.1) is 5.92 Å². The molecule has 2 fully saturated rings. The minimum absolute atomic E-state index is 0.102. The molecular weight excluding hydrogens is 620 g/mol. The highest BCUT2D eigenvalue weighted by Crippen LogP contribution is 2.45. The Labute approximate surface area is 287 Å². The van der Waals surface area contributed by atoms with Crippen molar-refractivity contribution < 1.29 is 29.0 Å². The molecular formula is C39H46N4O6. The average Bonchev–Trinajstić information content (AvgIpc) is 3.67. The standard InChI is InChI=1S/C39H46N4O6/c1-3-5-16-31-37(46)43-24-28(21-33(43)36(45)42-39(38(47)48)23-27(39)4-2)49-34-22-32(26-14-10-8-11-15-26)40-30-19-18-25(20-29(30)34)13-9-6-7-12-17-35(44)41-31/h4,8,10-11,14-15,18-20,22,27-28,31,33H,2-3,5-7,9,12-13,16-17,21,23-24H2,1H3,(H,41,44)(H,42,45)(H,47,48)/t27-,28+,31-,33-,39+/m0/s1. The fourth-order valence-electron chi connectivity index (χ4n) is 7.23. The van der Waals surface area contributed by atoms with Gasteiger partial charge in [0.2, 0.25) is 17.7 Å².